The van der Waals surface area contributed by atoms with Gasteiger partial charge in [-0.3, -0.25) is 9.89 Å². The second-order valence-electron chi connectivity index (χ2n) is 4.68. The zero-order valence-electron chi connectivity index (χ0n) is 11.8. The van der Waals surface area contributed by atoms with Gasteiger partial charge in [-0.05, 0) is 18.6 Å². The Labute approximate surface area is 128 Å². The number of rotatable bonds is 6. The summed E-state index contributed by atoms with van der Waals surface area (Å²) in [4.78, 5) is 14.2. The van der Waals surface area contributed by atoms with E-state index in [0.29, 0.717) is 29.4 Å². The molecule has 0 bridgehead atoms. The van der Waals surface area contributed by atoms with E-state index < -0.39 is 0 Å². The summed E-state index contributed by atoms with van der Waals surface area (Å²) < 4.78 is 0. The topological polar surface area (TPSA) is 69.2 Å². The quantitative estimate of drug-likeness (QED) is 0.862. The van der Waals surface area contributed by atoms with E-state index in [9.17, 15) is 4.79 Å². The van der Waals surface area contributed by atoms with Crippen molar-refractivity contribution in [2.75, 3.05) is 19.7 Å². The molecule has 5 nitrogen and oxygen atoms in total. The van der Waals surface area contributed by atoms with E-state index >= 15 is 0 Å². The first-order valence-corrected chi connectivity index (χ1v) is 7.24. The smallest absolute Gasteiger partial charge is 0.257 e. The maximum absolute atomic E-state index is 12.6. The molecular weight excluding hydrogens is 290 g/mol. The van der Waals surface area contributed by atoms with Gasteiger partial charge in [-0.25, -0.2) is 0 Å². The Kier molecular flexibility index (Phi) is 5.36. The lowest BCUT2D eigenvalue weighted by atomic mass is 10.1. The van der Waals surface area contributed by atoms with E-state index in [0.717, 1.165) is 12.0 Å². The van der Waals surface area contributed by atoms with Crippen LogP contribution in [0.25, 0.3) is 11.3 Å². The van der Waals surface area contributed by atoms with Gasteiger partial charge >= 0.3 is 0 Å². The first-order chi connectivity index (χ1) is 10.2. The minimum Gasteiger partial charge on any atom is -0.395 e. The second kappa shape index (κ2) is 7.24. The zero-order valence-corrected chi connectivity index (χ0v) is 12.6. The number of aliphatic hydroxyl groups is 1. The third-order valence-electron chi connectivity index (χ3n) is 3.13. The average molecular weight is 308 g/mol. The van der Waals surface area contributed by atoms with Crippen molar-refractivity contribution in [1.82, 2.24) is 15.1 Å². The van der Waals surface area contributed by atoms with Crippen molar-refractivity contribution in [2.45, 2.75) is 13.3 Å². The van der Waals surface area contributed by atoms with Crippen LogP contribution in [0.4, 0.5) is 0 Å². The Hall–Kier alpha value is -1.85. The number of H-pyrrole nitrogens is 1. The van der Waals surface area contributed by atoms with Gasteiger partial charge in [-0.1, -0.05) is 30.7 Å². The van der Waals surface area contributed by atoms with Gasteiger partial charge in [-0.2, -0.15) is 5.10 Å². The van der Waals surface area contributed by atoms with Crippen LogP contribution in [0, 0.1) is 0 Å². The van der Waals surface area contributed by atoms with E-state index in [-0.39, 0.29) is 12.5 Å². The molecule has 0 unspecified atom stereocenters. The Bertz CT molecular complexity index is 606. The molecule has 0 spiro atoms. The van der Waals surface area contributed by atoms with Crippen LogP contribution >= 0.6 is 11.6 Å². The maximum atomic E-state index is 12.6. The highest BCUT2D eigenvalue weighted by Gasteiger charge is 2.20. The van der Waals surface area contributed by atoms with Crippen LogP contribution in [0.5, 0.6) is 0 Å². The summed E-state index contributed by atoms with van der Waals surface area (Å²) in [5.41, 5.74) is 1.93. The standard InChI is InChI=1S/C15H18ClN3O2/c1-2-6-19(7-8-20)15(21)13-10-17-18-14(13)11-4-3-5-12(16)9-11/h3-5,9-10,20H,2,6-8H2,1H3,(H,17,18). The predicted molar refractivity (Wildman–Crippen MR) is 82.3 cm³/mol. The fraction of sp³-hybridized carbons (Fsp3) is 0.333. The van der Waals surface area contributed by atoms with Crippen LogP contribution in [0.3, 0.4) is 0 Å². The molecule has 0 fully saturated rings. The highest BCUT2D eigenvalue weighted by atomic mass is 35.5. The van der Waals surface area contributed by atoms with E-state index in [4.69, 9.17) is 16.7 Å². The lowest BCUT2D eigenvalue weighted by Crippen LogP contribution is -2.34. The van der Waals surface area contributed by atoms with Gasteiger partial charge in [0.25, 0.3) is 5.91 Å². The Balaban J connectivity index is 2.33. The highest BCUT2D eigenvalue weighted by Crippen LogP contribution is 2.24. The van der Waals surface area contributed by atoms with Crippen LogP contribution < -0.4 is 0 Å². The monoisotopic (exact) mass is 307 g/mol. The summed E-state index contributed by atoms with van der Waals surface area (Å²) >= 11 is 5.99. The third kappa shape index (κ3) is 3.62. The lowest BCUT2D eigenvalue weighted by molar-refractivity contribution is 0.0723. The number of amides is 1. The van der Waals surface area contributed by atoms with Crippen molar-refractivity contribution in [3.63, 3.8) is 0 Å². The number of benzene rings is 1. The Morgan fingerprint density at radius 3 is 2.90 bits per heavy atom. The third-order valence-corrected chi connectivity index (χ3v) is 3.37. The average Bonchev–Trinajstić information content (AvgIpc) is 2.95. The molecule has 0 saturated carbocycles. The largest absolute Gasteiger partial charge is 0.395 e. The number of aromatic amines is 1. The van der Waals surface area contributed by atoms with E-state index in [1.54, 1.807) is 17.0 Å². The summed E-state index contributed by atoms with van der Waals surface area (Å²) in [5, 5.41) is 16.5. The van der Waals surface area contributed by atoms with Gasteiger partial charge in [0.2, 0.25) is 0 Å². The fourth-order valence-corrected chi connectivity index (χ4v) is 2.38. The molecule has 21 heavy (non-hydrogen) atoms. The minimum absolute atomic E-state index is 0.0594. The van der Waals surface area contributed by atoms with Gasteiger partial charge in [0.15, 0.2) is 0 Å². The molecule has 2 aromatic rings. The molecule has 0 radical (unpaired) electrons. The molecule has 0 aliphatic rings. The summed E-state index contributed by atoms with van der Waals surface area (Å²) in [5.74, 6) is -0.144. The molecule has 112 valence electrons. The van der Waals surface area contributed by atoms with Gasteiger partial charge in [-0.15, -0.1) is 0 Å². The predicted octanol–water partition coefficient (Wildman–Crippen LogP) is 2.57. The second-order valence-corrected chi connectivity index (χ2v) is 5.12. The molecule has 6 heteroatoms. The molecular formula is C15H18ClN3O2. The lowest BCUT2D eigenvalue weighted by Gasteiger charge is -2.20. The van der Waals surface area contributed by atoms with Crippen molar-refractivity contribution < 1.29 is 9.90 Å². The minimum atomic E-state index is -0.144. The SMILES string of the molecule is CCCN(CCO)C(=O)c1cn[nH]c1-c1cccc(Cl)c1. The number of carbonyl (C=O) groups excluding carboxylic acids is 1. The van der Waals surface area contributed by atoms with Crippen LogP contribution in [-0.4, -0.2) is 45.8 Å². The first kappa shape index (κ1) is 15.5. The molecule has 0 aliphatic heterocycles. The molecule has 1 aromatic carbocycles. The molecule has 2 N–H and O–H groups in total. The van der Waals surface area contributed by atoms with Gasteiger partial charge < -0.3 is 10.0 Å². The molecule has 1 heterocycles. The molecule has 1 amide bonds. The molecule has 0 aliphatic carbocycles. The van der Waals surface area contributed by atoms with Crippen LogP contribution in [0.2, 0.25) is 5.02 Å². The summed E-state index contributed by atoms with van der Waals surface area (Å²) in [6.07, 6.45) is 2.34. The summed E-state index contributed by atoms with van der Waals surface area (Å²) in [6, 6.07) is 7.25. The van der Waals surface area contributed by atoms with Gasteiger partial charge in [0.1, 0.15) is 0 Å². The molecule has 1 aromatic heterocycles. The Morgan fingerprint density at radius 2 is 2.24 bits per heavy atom. The number of halogens is 1. The molecule has 0 atom stereocenters. The number of hydrogen-bond donors (Lipinski definition) is 2. The summed E-state index contributed by atoms with van der Waals surface area (Å²) in [6.45, 7) is 2.84. The van der Waals surface area contributed by atoms with Gasteiger partial charge in [0, 0.05) is 23.7 Å². The number of aromatic nitrogens is 2. The van der Waals surface area contributed by atoms with Crippen LogP contribution in [-0.2, 0) is 0 Å². The fourth-order valence-electron chi connectivity index (χ4n) is 2.19. The number of carbonyl (C=O) groups is 1. The maximum Gasteiger partial charge on any atom is 0.257 e. The van der Waals surface area contributed by atoms with Crippen LogP contribution in [0.15, 0.2) is 30.5 Å². The van der Waals surface area contributed by atoms with Crippen LogP contribution in [0.1, 0.15) is 23.7 Å². The van der Waals surface area contributed by atoms with E-state index in [1.807, 2.05) is 19.1 Å². The zero-order chi connectivity index (χ0) is 15.2. The van der Waals surface area contributed by atoms with Crippen molar-refractivity contribution >= 4 is 17.5 Å². The molecule has 0 saturated heterocycles. The Morgan fingerprint density at radius 1 is 1.43 bits per heavy atom. The van der Waals surface area contributed by atoms with Gasteiger partial charge in [0.05, 0.1) is 24.1 Å². The van der Waals surface area contributed by atoms with Crippen molar-refractivity contribution in [2.24, 2.45) is 0 Å². The van der Waals surface area contributed by atoms with E-state index in [1.165, 1.54) is 6.20 Å². The van der Waals surface area contributed by atoms with Crippen molar-refractivity contribution in [1.29, 1.82) is 0 Å². The highest BCUT2D eigenvalue weighted by molar-refractivity contribution is 6.30. The number of nitrogens with zero attached hydrogens (tertiary/aromatic N) is 2. The number of hydrogen-bond acceptors (Lipinski definition) is 3. The molecule has 2 rings (SSSR count). The van der Waals surface area contributed by atoms with Crippen molar-refractivity contribution in [3.05, 3.63) is 41.0 Å². The first-order valence-electron chi connectivity index (χ1n) is 6.86. The number of aliphatic hydroxyl groups excluding tert-OH is 1. The number of nitrogens with one attached hydrogen (secondary N) is 1. The van der Waals surface area contributed by atoms with Crippen molar-refractivity contribution in [3.8, 4) is 11.3 Å². The normalized spacial score (nSPS) is 10.6. The van der Waals surface area contributed by atoms with E-state index in [2.05, 4.69) is 10.2 Å². The summed E-state index contributed by atoms with van der Waals surface area (Å²) in [7, 11) is 0.